The molecule has 0 bridgehead atoms. The Morgan fingerprint density at radius 1 is 1.46 bits per heavy atom. The van der Waals surface area contributed by atoms with Gasteiger partial charge in [0.25, 0.3) is 5.56 Å². The van der Waals surface area contributed by atoms with Crippen molar-refractivity contribution in [2.24, 2.45) is 4.99 Å². The highest BCUT2D eigenvalue weighted by Gasteiger charge is 2.20. The number of hydrogen-bond donors (Lipinski definition) is 1. The summed E-state index contributed by atoms with van der Waals surface area (Å²) in [6.45, 7) is 5.38. The van der Waals surface area contributed by atoms with E-state index in [0.717, 1.165) is 4.47 Å². The molecule has 0 fully saturated rings. The number of pyridine rings is 1. The molecule has 0 saturated heterocycles. The average Bonchev–Trinajstić information content (AvgIpc) is 2.56. The van der Waals surface area contributed by atoms with Crippen molar-refractivity contribution in [2.45, 2.75) is 33.2 Å². The Balaban J connectivity index is 2.68. The molecule has 0 radical (unpaired) electrons. The molecule has 1 heterocycles. The molecular formula is C18H18BrN3O2. The minimum Gasteiger partial charge on any atom is -0.494 e. The molecule has 0 aliphatic heterocycles. The second-order valence-corrected chi connectivity index (χ2v) is 6.35. The first-order chi connectivity index (χ1) is 11.4. The number of benzene rings is 1. The summed E-state index contributed by atoms with van der Waals surface area (Å²) in [5.74, 6) is -0.165. The second-order valence-electron chi connectivity index (χ2n) is 5.49. The first-order valence-electron chi connectivity index (χ1n) is 7.59. The molecule has 2 aromatic rings. The molecular weight excluding hydrogens is 370 g/mol. The fourth-order valence-corrected chi connectivity index (χ4v) is 2.76. The van der Waals surface area contributed by atoms with E-state index in [1.807, 2.05) is 44.2 Å². The maximum atomic E-state index is 12.5. The molecule has 6 heteroatoms. The summed E-state index contributed by atoms with van der Waals surface area (Å²) in [7, 11) is 0. The van der Waals surface area contributed by atoms with Crippen LogP contribution in [0.2, 0.25) is 0 Å². The molecule has 1 atom stereocenters. The van der Waals surface area contributed by atoms with Gasteiger partial charge in [-0.15, -0.1) is 0 Å². The lowest BCUT2D eigenvalue weighted by molar-refractivity contribution is 0.372. The van der Waals surface area contributed by atoms with Gasteiger partial charge < -0.3 is 5.11 Å². The van der Waals surface area contributed by atoms with Crippen molar-refractivity contribution in [3.8, 4) is 11.9 Å². The van der Waals surface area contributed by atoms with Crippen LogP contribution in [-0.2, 0) is 0 Å². The normalized spacial score (nSPS) is 12.3. The van der Waals surface area contributed by atoms with E-state index >= 15 is 0 Å². The standard InChI is InChI=1S/C18H18BrN3O2/c1-4-11(2)22-17(23)13(9-20)12(3)14(18(22)24)10-21-16-8-6-5-7-15(16)19/h5-8,10-11,24H,4H2,1-3H3. The predicted octanol–water partition coefficient (Wildman–Crippen LogP) is 4.22. The van der Waals surface area contributed by atoms with Crippen molar-refractivity contribution in [1.82, 2.24) is 4.57 Å². The van der Waals surface area contributed by atoms with Crippen molar-refractivity contribution in [1.29, 1.82) is 5.26 Å². The van der Waals surface area contributed by atoms with Crippen molar-refractivity contribution >= 4 is 27.8 Å². The number of aromatic hydroxyl groups is 1. The lowest BCUT2D eigenvalue weighted by atomic mass is 10.0. The van der Waals surface area contributed by atoms with Crippen LogP contribution in [0.1, 0.15) is 43.0 Å². The molecule has 24 heavy (non-hydrogen) atoms. The maximum Gasteiger partial charge on any atom is 0.271 e. The predicted molar refractivity (Wildman–Crippen MR) is 98.2 cm³/mol. The minimum atomic E-state index is -0.472. The van der Waals surface area contributed by atoms with Gasteiger partial charge in [0.05, 0.1) is 11.3 Å². The second kappa shape index (κ2) is 7.45. The van der Waals surface area contributed by atoms with E-state index in [2.05, 4.69) is 20.9 Å². The SMILES string of the molecule is CCC(C)n1c(O)c(C=Nc2ccccc2Br)c(C)c(C#N)c1=O. The molecule has 0 amide bonds. The van der Waals surface area contributed by atoms with Gasteiger partial charge in [-0.25, -0.2) is 0 Å². The fraction of sp³-hybridized carbons (Fsp3) is 0.278. The Hall–Kier alpha value is -2.39. The molecule has 0 aliphatic carbocycles. The number of hydrogen-bond acceptors (Lipinski definition) is 4. The number of aromatic nitrogens is 1. The maximum absolute atomic E-state index is 12.5. The Kier molecular flexibility index (Phi) is 5.58. The van der Waals surface area contributed by atoms with Crippen molar-refractivity contribution < 1.29 is 5.11 Å². The van der Waals surface area contributed by atoms with Gasteiger partial charge >= 0.3 is 0 Å². The number of nitrogens with zero attached hydrogens (tertiary/aromatic N) is 3. The fourth-order valence-electron chi connectivity index (χ4n) is 2.38. The Bertz CT molecular complexity index is 894. The van der Waals surface area contributed by atoms with Crippen LogP contribution in [0.4, 0.5) is 5.69 Å². The highest BCUT2D eigenvalue weighted by atomic mass is 79.9. The van der Waals surface area contributed by atoms with Crippen molar-refractivity contribution in [3.05, 3.63) is 55.8 Å². The molecule has 0 spiro atoms. The molecule has 124 valence electrons. The molecule has 2 rings (SSSR count). The summed E-state index contributed by atoms with van der Waals surface area (Å²) < 4.78 is 2.07. The van der Waals surface area contributed by atoms with Gasteiger partial charge in [-0.3, -0.25) is 14.4 Å². The van der Waals surface area contributed by atoms with Gasteiger partial charge in [0.2, 0.25) is 5.88 Å². The zero-order chi connectivity index (χ0) is 17.9. The van der Waals surface area contributed by atoms with Crippen LogP contribution >= 0.6 is 15.9 Å². The van der Waals surface area contributed by atoms with Gasteiger partial charge in [-0.1, -0.05) is 19.1 Å². The third kappa shape index (κ3) is 3.26. The van der Waals surface area contributed by atoms with Gasteiger partial charge in [0, 0.05) is 16.7 Å². The number of halogens is 1. The summed E-state index contributed by atoms with van der Waals surface area (Å²) in [5, 5.41) is 19.9. The van der Waals surface area contributed by atoms with Crippen LogP contribution in [0.3, 0.4) is 0 Å². The number of aliphatic imine (C=N–C) groups is 1. The van der Waals surface area contributed by atoms with E-state index in [9.17, 15) is 15.2 Å². The van der Waals surface area contributed by atoms with Gasteiger partial charge in [-0.05, 0) is 53.9 Å². The monoisotopic (exact) mass is 387 g/mol. The summed E-state index contributed by atoms with van der Waals surface area (Å²) in [6, 6.07) is 9.14. The lowest BCUT2D eigenvalue weighted by Crippen LogP contribution is -2.27. The van der Waals surface area contributed by atoms with Gasteiger partial charge in [0.1, 0.15) is 11.6 Å². The third-order valence-electron chi connectivity index (χ3n) is 4.01. The summed E-state index contributed by atoms with van der Waals surface area (Å²) in [5.41, 5.74) is 1.05. The van der Waals surface area contributed by atoms with Gasteiger partial charge in [-0.2, -0.15) is 5.26 Å². The third-order valence-corrected chi connectivity index (χ3v) is 4.68. The Morgan fingerprint density at radius 3 is 2.71 bits per heavy atom. The van der Waals surface area contributed by atoms with E-state index in [-0.39, 0.29) is 17.5 Å². The Labute approximate surface area is 149 Å². The van der Waals surface area contributed by atoms with Crippen LogP contribution in [-0.4, -0.2) is 15.9 Å². The average molecular weight is 388 g/mol. The molecule has 1 aromatic heterocycles. The smallest absolute Gasteiger partial charge is 0.271 e. The van der Waals surface area contributed by atoms with E-state index < -0.39 is 5.56 Å². The number of para-hydroxylation sites is 1. The molecule has 1 N–H and O–H groups in total. The van der Waals surface area contributed by atoms with Gasteiger partial charge in [0.15, 0.2) is 0 Å². The van der Waals surface area contributed by atoms with Crippen LogP contribution in [0.15, 0.2) is 38.5 Å². The molecule has 1 aromatic carbocycles. The Morgan fingerprint density at radius 2 is 2.12 bits per heavy atom. The molecule has 5 nitrogen and oxygen atoms in total. The van der Waals surface area contributed by atoms with E-state index in [1.165, 1.54) is 10.8 Å². The number of rotatable bonds is 4. The van der Waals surface area contributed by atoms with Crippen LogP contribution in [0.5, 0.6) is 5.88 Å². The summed E-state index contributed by atoms with van der Waals surface area (Å²) >= 11 is 3.41. The molecule has 0 aliphatic rings. The van der Waals surface area contributed by atoms with E-state index in [4.69, 9.17) is 0 Å². The van der Waals surface area contributed by atoms with Crippen LogP contribution in [0, 0.1) is 18.3 Å². The first kappa shape index (κ1) is 18.0. The van der Waals surface area contributed by atoms with E-state index in [0.29, 0.717) is 23.2 Å². The first-order valence-corrected chi connectivity index (χ1v) is 8.38. The van der Waals surface area contributed by atoms with Crippen LogP contribution in [0.25, 0.3) is 0 Å². The summed E-state index contributed by atoms with van der Waals surface area (Å²) in [6.07, 6.45) is 2.14. The van der Waals surface area contributed by atoms with Crippen molar-refractivity contribution in [3.63, 3.8) is 0 Å². The molecule has 1 unspecified atom stereocenters. The van der Waals surface area contributed by atoms with Crippen LogP contribution < -0.4 is 5.56 Å². The topological polar surface area (TPSA) is 78.4 Å². The summed E-state index contributed by atoms with van der Waals surface area (Å²) in [4.78, 5) is 16.8. The van der Waals surface area contributed by atoms with Crippen molar-refractivity contribution in [2.75, 3.05) is 0 Å². The zero-order valence-electron chi connectivity index (χ0n) is 13.7. The minimum absolute atomic E-state index is 0.0293. The quantitative estimate of drug-likeness (QED) is 0.797. The molecule has 0 saturated carbocycles. The largest absolute Gasteiger partial charge is 0.494 e. The highest BCUT2D eigenvalue weighted by Crippen LogP contribution is 2.27. The highest BCUT2D eigenvalue weighted by molar-refractivity contribution is 9.10. The number of nitriles is 1. The zero-order valence-corrected chi connectivity index (χ0v) is 15.3. The van der Waals surface area contributed by atoms with E-state index in [1.54, 1.807) is 6.92 Å². The lowest BCUT2D eigenvalue weighted by Gasteiger charge is -2.18.